The molecule has 7 heteroatoms. The van der Waals surface area contributed by atoms with Crippen molar-refractivity contribution in [2.75, 3.05) is 0 Å². The highest BCUT2D eigenvalue weighted by atomic mass is 32.1. The number of H-pyrrole nitrogens is 1. The van der Waals surface area contributed by atoms with E-state index in [0.29, 0.717) is 0 Å². The minimum atomic E-state index is -0.251. The molecule has 0 saturated carbocycles. The predicted molar refractivity (Wildman–Crippen MR) is 91.4 cm³/mol. The van der Waals surface area contributed by atoms with E-state index in [2.05, 4.69) is 20.4 Å². The molecule has 0 saturated heterocycles. The lowest BCUT2D eigenvalue weighted by molar-refractivity contribution is 0.630. The van der Waals surface area contributed by atoms with Crippen molar-refractivity contribution in [1.82, 2.24) is 19.6 Å². The van der Waals surface area contributed by atoms with Gasteiger partial charge in [0.1, 0.15) is 10.8 Å². The number of aromatic nitrogens is 4. The van der Waals surface area contributed by atoms with Crippen LogP contribution in [-0.2, 0) is 0 Å². The maximum atomic E-state index is 13.5. The Morgan fingerprint density at radius 3 is 3.00 bits per heavy atom. The van der Waals surface area contributed by atoms with Crippen LogP contribution in [0.25, 0.3) is 37.7 Å². The van der Waals surface area contributed by atoms with Gasteiger partial charge in [0.2, 0.25) is 4.96 Å². The van der Waals surface area contributed by atoms with E-state index in [1.54, 1.807) is 21.9 Å². The number of rotatable bonds is 2. The second-order valence-electron chi connectivity index (χ2n) is 5.16. The van der Waals surface area contributed by atoms with Crippen LogP contribution < -0.4 is 0 Å². The number of nitrogens with one attached hydrogen (secondary N) is 1. The molecule has 0 aliphatic carbocycles. The summed E-state index contributed by atoms with van der Waals surface area (Å²) < 4.78 is 15.3. The fourth-order valence-corrected chi connectivity index (χ4v) is 4.19. The molecule has 4 nitrogen and oxygen atoms in total. The zero-order valence-electron chi connectivity index (χ0n) is 11.7. The Hall–Kier alpha value is -2.51. The molecule has 0 bridgehead atoms. The van der Waals surface area contributed by atoms with Gasteiger partial charge in [0.25, 0.3) is 0 Å². The topological polar surface area (TPSA) is 46.0 Å². The number of nitrogens with zero attached hydrogens (tertiary/aromatic N) is 3. The molecule has 5 rings (SSSR count). The molecule has 0 atom stereocenters. The summed E-state index contributed by atoms with van der Waals surface area (Å²) in [5.74, 6) is -0.251. The van der Waals surface area contributed by atoms with E-state index >= 15 is 0 Å². The largest absolute Gasteiger partial charge is 0.360 e. The SMILES string of the molecule is Fc1ccc2[nH]cc(-c3nn4cc(-c5ccsc5)nc4s3)c2c1. The molecule has 112 valence electrons. The molecule has 0 aliphatic rings. The van der Waals surface area contributed by atoms with Crippen molar-refractivity contribution < 1.29 is 4.39 Å². The third-order valence-electron chi connectivity index (χ3n) is 3.73. The van der Waals surface area contributed by atoms with Gasteiger partial charge in [-0.25, -0.2) is 13.9 Å². The molecule has 0 unspecified atom stereocenters. The fourth-order valence-electron chi connectivity index (χ4n) is 2.63. The van der Waals surface area contributed by atoms with Gasteiger partial charge in [-0.3, -0.25) is 0 Å². The lowest BCUT2D eigenvalue weighted by atomic mass is 10.2. The molecule has 4 heterocycles. The third-order valence-corrected chi connectivity index (χ3v) is 5.37. The Bertz CT molecular complexity index is 1100. The number of fused-ring (bicyclic) bond motifs is 2. The number of hydrogen-bond acceptors (Lipinski definition) is 4. The highest BCUT2D eigenvalue weighted by Crippen LogP contribution is 2.33. The molecule has 23 heavy (non-hydrogen) atoms. The number of benzene rings is 1. The van der Waals surface area contributed by atoms with Gasteiger partial charge in [0, 0.05) is 33.6 Å². The van der Waals surface area contributed by atoms with Crippen LogP contribution >= 0.6 is 22.7 Å². The molecule has 1 aromatic carbocycles. The second-order valence-corrected chi connectivity index (χ2v) is 6.90. The normalized spacial score (nSPS) is 11.7. The van der Waals surface area contributed by atoms with Crippen LogP contribution in [-0.4, -0.2) is 19.6 Å². The van der Waals surface area contributed by atoms with Gasteiger partial charge in [-0.1, -0.05) is 11.3 Å². The predicted octanol–water partition coefficient (Wildman–Crippen LogP) is 4.81. The zero-order valence-corrected chi connectivity index (χ0v) is 13.3. The first-order chi connectivity index (χ1) is 11.3. The molecule has 1 N–H and O–H groups in total. The highest BCUT2D eigenvalue weighted by molar-refractivity contribution is 7.20. The average molecular weight is 340 g/mol. The van der Waals surface area contributed by atoms with Gasteiger partial charge in [0.05, 0.1) is 11.9 Å². The lowest BCUT2D eigenvalue weighted by Gasteiger charge is -1.94. The van der Waals surface area contributed by atoms with E-state index in [1.165, 1.54) is 23.5 Å². The lowest BCUT2D eigenvalue weighted by Crippen LogP contribution is -1.82. The van der Waals surface area contributed by atoms with Crippen molar-refractivity contribution in [3.63, 3.8) is 0 Å². The van der Waals surface area contributed by atoms with Crippen molar-refractivity contribution in [1.29, 1.82) is 0 Å². The molecular weight excluding hydrogens is 331 g/mol. The van der Waals surface area contributed by atoms with Crippen LogP contribution in [0.5, 0.6) is 0 Å². The van der Waals surface area contributed by atoms with Crippen molar-refractivity contribution in [3.05, 3.63) is 53.2 Å². The van der Waals surface area contributed by atoms with Crippen LogP contribution in [0.3, 0.4) is 0 Å². The first kappa shape index (κ1) is 13.0. The summed E-state index contributed by atoms with van der Waals surface area (Å²) >= 11 is 3.14. The van der Waals surface area contributed by atoms with Gasteiger partial charge >= 0.3 is 0 Å². The summed E-state index contributed by atoms with van der Waals surface area (Å²) in [5, 5.41) is 10.3. The smallest absolute Gasteiger partial charge is 0.213 e. The zero-order chi connectivity index (χ0) is 15.4. The molecular formula is C16H9FN4S2. The minimum Gasteiger partial charge on any atom is -0.360 e. The Labute approximate surface area is 137 Å². The fraction of sp³-hybridized carbons (Fsp3) is 0. The van der Waals surface area contributed by atoms with Gasteiger partial charge in [0.15, 0.2) is 0 Å². The van der Waals surface area contributed by atoms with Crippen molar-refractivity contribution in [3.8, 4) is 21.8 Å². The van der Waals surface area contributed by atoms with Crippen molar-refractivity contribution >= 4 is 38.5 Å². The Balaban J connectivity index is 1.65. The second kappa shape index (κ2) is 4.74. The first-order valence-corrected chi connectivity index (χ1v) is 8.70. The standard InChI is InChI=1S/C16H9FN4S2/c17-10-1-2-13-11(5-10)12(6-18-13)15-20-21-7-14(19-16(21)23-15)9-3-4-22-8-9/h1-8,18H. The van der Waals surface area contributed by atoms with Crippen molar-refractivity contribution in [2.45, 2.75) is 0 Å². The minimum absolute atomic E-state index is 0.251. The van der Waals surface area contributed by atoms with E-state index in [-0.39, 0.29) is 5.82 Å². The maximum absolute atomic E-state index is 13.5. The molecule has 0 spiro atoms. The molecule has 0 aliphatic heterocycles. The number of imidazole rings is 1. The summed E-state index contributed by atoms with van der Waals surface area (Å²) in [7, 11) is 0. The monoisotopic (exact) mass is 340 g/mol. The first-order valence-electron chi connectivity index (χ1n) is 6.94. The van der Waals surface area contributed by atoms with E-state index in [0.717, 1.165) is 37.7 Å². The summed E-state index contributed by atoms with van der Waals surface area (Å²) in [6.07, 6.45) is 3.79. The summed E-state index contributed by atoms with van der Waals surface area (Å²) in [5.41, 5.74) is 3.81. The highest BCUT2D eigenvalue weighted by Gasteiger charge is 2.14. The Morgan fingerprint density at radius 2 is 2.17 bits per heavy atom. The van der Waals surface area contributed by atoms with E-state index in [4.69, 9.17) is 0 Å². The van der Waals surface area contributed by atoms with Crippen molar-refractivity contribution in [2.24, 2.45) is 0 Å². The summed E-state index contributed by atoms with van der Waals surface area (Å²) in [6.45, 7) is 0. The van der Waals surface area contributed by atoms with Gasteiger partial charge in [-0.2, -0.15) is 16.4 Å². The van der Waals surface area contributed by atoms with Crippen LogP contribution in [0.1, 0.15) is 0 Å². The number of hydrogen-bond donors (Lipinski definition) is 1. The van der Waals surface area contributed by atoms with Crippen LogP contribution in [0.4, 0.5) is 4.39 Å². The number of thiophene rings is 1. The molecule has 0 amide bonds. The molecule has 0 fully saturated rings. The van der Waals surface area contributed by atoms with E-state index in [9.17, 15) is 4.39 Å². The third kappa shape index (κ3) is 2.01. The van der Waals surface area contributed by atoms with E-state index < -0.39 is 0 Å². The van der Waals surface area contributed by atoms with Crippen LogP contribution in [0, 0.1) is 5.82 Å². The Morgan fingerprint density at radius 1 is 1.22 bits per heavy atom. The van der Waals surface area contributed by atoms with Gasteiger partial charge in [-0.15, -0.1) is 0 Å². The average Bonchev–Trinajstić information content (AvgIpc) is 3.28. The molecule has 5 aromatic rings. The van der Waals surface area contributed by atoms with Crippen LogP contribution in [0.2, 0.25) is 0 Å². The van der Waals surface area contributed by atoms with Gasteiger partial charge < -0.3 is 4.98 Å². The summed E-state index contributed by atoms with van der Waals surface area (Å²) in [4.78, 5) is 8.61. The Kier molecular flexibility index (Phi) is 2.67. The number of halogens is 1. The number of aromatic amines is 1. The molecule has 0 radical (unpaired) electrons. The summed E-state index contributed by atoms with van der Waals surface area (Å²) in [6, 6.07) is 6.76. The molecule has 4 aromatic heterocycles. The van der Waals surface area contributed by atoms with E-state index in [1.807, 2.05) is 23.8 Å². The van der Waals surface area contributed by atoms with Gasteiger partial charge in [-0.05, 0) is 29.6 Å². The van der Waals surface area contributed by atoms with Crippen LogP contribution in [0.15, 0.2) is 47.4 Å². The maximum Gasteiger partial charge on any atom is 0.213 e. The quantitative estimate of drug-likeness (QED) is 0.501.